The van der Waals surface area contributed by atoms with Crippen LogP contribution in [0.15, 0.2) is 18.2 Å². The molecule has 35 heavy (non-hydrogen) atoms. The first-order valence-electron chi connectivity index (χ1n) is 11.9. The lowest BCUT2D eigenvalue weighted by Crippen LogP contribution is -2.51. The van der Waals surface area contributed by atoms with Gasteiger partial charge in [0.05, 0.1) is 36.6 Å². The van der Waals surface area contributed by atoms with Crippen LogP contribution in [0.3, 0.4) is 0 Å². The van der Waals surface area contributed by atoms with Gasteiger partial charge in [-0.25, -0.2) is 4.68 Å². The molecule has 4 heterocycles. The lowest BCUT2D eigenvalue weighted by molar-refractivity contribution is -0.264. The Balaban J connectivity index is 1.36. The fourth-order valence-electron chi connectivity index (χ4n) is 4.45. The first kappa shape index (κ1) is 23.9. The van der Waals surface area contributed by atoms with E-state index in [2.05, 4.69) is 28.1 Å². The molecule has 5 rings (SSSR count). The van der Waals surface area contributed by atoms with Crippen molar-refractivity contribution in [2.24, 2.45) is 0 Å². The molecule has 2 aliphatic heterocycles. The van der Waals surface area contributed by atoms with Gasteiger partial charge < -0.3 is 14.2 Å². The Morgan fingerprint density at radius 2 is 2.00 bits per heavy atom. The van der Waals surface area contributed by atoms with E-state index < -0.39 is 5.79 Å². The third-order valence-electron chi connectivity index (χ3n) is 6.39. The van der Waals surface area contributed by atoms with Crippen LogP contribution in [0, 0.1) is 18.3 Å². The maximum atomic E-state index is 9.56. The normalized spacial score (nSPS) is 18.4. The SMILES string of the molecule is Cc1c2c(nn1-c1nnc(-c3ccc(OC(C)C)c(C#N)c3)s1)CCN(C1COC(C)(C)OC1)C2. The Labute approximate surface area is 209 Å². The Morgan fingerprint density at radius 3 is 2.71 bits per heavy atom. The fraction of sp³-hybridized carbons (Fsp3) is 0.520. The number of aromatic nitrogens is 4. The summed E-state index contributed by atoms with van der Waals surface area (Å²) in [5.41, 5.74) is 4.74. The van der Waals surface area contributed by atoms with E-state index >= 15 is 0 Å². The van der Waals surface area contributed by atoms with Crippen molar-refractivity contribution in [2.45, 2.75) is 65.5 Å². The summed E-state index contributed by atoms with van der Waals surface area (Å²) in [6.45, 7) is 12.9. The van der Waals surface area contributed by atoms with Gasteiger partial charge in [0.2, 0.25) is 5.13 Å². The van der Waals surface area contributed by atoms with Crippen LogP contribution >= 0.6 is 11.3 Å². The number of rotatable bonds is 5. The summed E-state index contributed by atoms with van der Waals surface area (Å²) < 4.78 is 19.4. The highest BCUT2D eigenvalue weighted by molar-refractivity contribution is 7.17. The van der Waals surface area contributed by atoms with Gasteiger partial charge in [-0.2, -0.15) is 10.4 Å². The first-order chi connectivity index (χ1) is 16.7. The number of benzene rings is 1. The summed E-state index contributed by atoms with van der Waals surface area (Å²) in [5.74, 6) is 0.0669. The van der Waals surface area contributed by atoms with Crippen LogP contribution in [0.2, 0.25) is 0 Å². The lowest BCUT2D eigenvalue weighted by Gasteiger charge is -2.41. The smallest absolute Gasteiger partial charge is 0.233 e. The molecule has 1 saturated heterocycles. The molecule has 0 spiro atoms. The van der Waals surface area contributed by atoms with Gasteiger partial charge >= 0.3 is 0 Å². The molecular weight excluding hydrogens is 464 g/mol. The van der Waals surface area contributed by atoms with Crippen molar-refractivity contribution in [1.29, 1.82) is 5.26 Å². The van der Waals surface area contributed by atoms with Crippen LogP contribution in [0.25, 0.3) is 15.7 Å². The molecule has 9 nitrogen and oxygen atoms in total. The van der Waals surface area contributed by atoms with Crippen LogP contribution in [0.5, 0.6) is 5.75 Å². The molecule has 1 aromatic carbocycles. The molecule has 0 aliphatic carbocycles. The van der Waals surface area contributed by atoms with Gasteiger partial charge in [0, 0.05) is 36.3 Å². The molecule has 0 saturated carbocycles. The van der Waals surface area contributed by atoms with E-state index in [9.17, 15) is 5.26 Å². The van der Waals surface area contributed by atoms with Crippen molar-refractivity contribution in [1.82, 2.24) is 24.9 Å². The molecule has 10 heteroatoms. The average Bonchev–Trinajstić information content (AvgIpc) is 3.44. The standard InChI is InChI=1S/C25H30N6O3S/c1-15(2)34-22-7-6-17(10-18(22)11-26)23-27-28-24(35-23)31-16(3)20-12-30(9-8-21(20)29-31)19-13-32-25(4,5)33-14-19/h6-7,10,15,19H,8-9,12-14H2,1-5H3. The molecule has 0 unspecified atom stereocenters. The second-order valence-electron chi connectivity index (χ2n) is 9.70. The number of nitrogens with zero attached hydrogens (tertiary/aromatic N) is 6. The number of nitriles is 1. The zero-order chi connectivity index (χ0) is 24.7. The fourth-order valence-corrected chi connectivity index (χ4v) is 5.29. The van der Waals surface area contributed by atoms with Crippen LogP contribution < -0.4 is 4.74 Å². The molecule has 0 atom stereocenters. The van der Waals surface area contributed by atoms with Gasteiger partial charge in [0.25, 0.3) is 0 Å². The van der Waals surface area contributed by atoms with Crippen molar-refractivity contribution < 1.29 is 14.2 Å². The van der Waals surface area contributed by atoms with Crippen molar-refractivity contribution in [3.63, 3.8) is 0 Å². The molecule has 2 aliphatic rings. The van der Waals surface area contributed by atoms with Crippen LogP contribution in [-0.2, 0) is 22.4 Å². The minimum atomic E-state index is -0.510. The average molecular weight is 495 g/mol. The highest BCUT2D eigenvalue weighted by Gasteiger charge is 2.34. The number of fused-ring (bicyclic) bond motifs is 1. The van der Waals surface area contributed by atoms with E-state index in [0.29, 0.717) is 29.7 Å². The van der Waals surface area contributed by atoms with Gasteiger partial charge in [-0.3, -0.25) is 4.90 Å². The number of hydrogen-bond acceptors (Lipinski definition) is 9. The maximum Gasteiger partial charge on any atom is 0.233 e. The molecule has 0 bridgehead atoms. The van der Waals surface area contributed by atoms with E-state index in [4.69, 9.17) is 19.3 Å². The maximum absolute atomic E-state index is 9.56. The van der Waals surface area contributed by atoms with Crippen molar-refractivity contribution in [2.75, 3.05) is 19.8 Å². The molecule has 2 aromatic heterocycles. The zero-order valence-corrected chi connectivity index (χ0v) is 21.6. The van der Waals surface area contributed by atoms with Crippen LogP contribution in [0.1, 0.15) is 50.2 Å². The largest absolute Gasteiger partial charge is 0.490 e. The molecule has 0 N–H and O–H groups in total. The molecule has 0 radical (unpaired) electrons. The summed E-state index contributed by atoms with van der Waals surface area (Å²) in [4.78, 5) is 2.42. The second-order valence-corrected chi connectivity index (χ2v) is 10.7. The Bertz CT molecular complexity index is 1260. The van der Waals surface area contributed by atoms with Crippen molar-refractivity contribution >= 4 is 11.3 Å². The highest BCUT2D eigenvalue weighted by atomic mass is 32.1. The summed E-state index contributed by atoms with van der Waals surface area (Å²) in [5, 5.41) is 24.7. The van der Waals surface area contributed by atoms with E-state index in [1.54, 1.807) is 6.07 Å². The Morgan fingerprint density at radius 1 is 1.23 bits per heavy atom. The van der Waals surface area contributed by atoms with Gasteiger partial charge in [0.1, 0.15) is 16.8 Å². The number of ether oxygens (including phenoxy) is 3. The van der Waals surface area contributed by atoms with Crippen LogP contribution in [0.4, 0.5) is 0 Å². The van der Waals surface area contributed by atoms with Gasteiger partial charge in [-0.1, -0.05) is 11.3 Å². The first-order valence-corrected chi connectivity index (χ1v) is 12.7. The third-order valence-corrected chi connectivity index (χ3v) is 7.34. The molecule has 184 valence electrons. The highest BCUT2D eigenvalue weighted by Crippen LogP contribution is 2.32. The summed E-state index contributed by atoms with van der Waals surface area (Å²) in [7, 11) is 0. The number of hydrogen-bond donors (Lipinski definition) is 0. The Kier molecular flexibility index (Phi) is 6.36. The molecule has 3 aromatic rings. The van der Waals surface area contributed by atoms with E-state index in [1.165, 1.54) is 16.9 Å². The molecular formula is C25H30N6O3S. The quantitative estimate of drug-likeness (QED) is 0.527. The predicted molar refractivity (Wildman–Crippen MR) is 132 cm³/mol. The monoisotopic (exact) mass is 494 g/mol. The Hall–Kier alpha value is -2.84. The molecule has 1 fully saturated rings. The zero-order valence-electron chi connectivity index (χ0n) is 20.7. The summed E-state index contributed by atoms with van der Waals surface area (Å²) in [6, 6.07) is 8.00. The minimum Gasteiger partial charge on any atom is -0.490 e. The predicted octanol–water partition coefficient (Wildman–Crippen LogP) is 3.87. The minimum absolute atomic E-state index is 0.00385. The van der Waals surface area contributed by atoms with Gasteiger partial charge in [-0.05, 0) is 52.8 Å². The van der Waals surface area contributed by atoms with E-state index in [1.807, 2.05) is 44.5 Å². The summed E-state index contributed by atoms with van der Waals surface area (Å²) >= 11 is 1.46. The lowest BCUT2D eigenvalue weighted by atomic mass is 10.0. The summed E-state index contributed by atoms with van der Waals surface area (Å²) in [6.07, 6.45) is 0.869. The topological polar surface area (TPSA) is 98.3 Å². The van der Waals surface area contributed by atoms with Crippen molar-refractivity contribution in [3.05, 3.63) is 40.7 Å². The second kappa shape index (κ2) is 9.32. The van der Waals surface area contributed by atoms with Gasteiger partial charge in [-0.15, -0.1) is 10.2 Å². The molecule has 0 amide bonds. The van der Waals surface area contributed by atoms with Crippen molar-refractivity contribution in [3.8, 4) is 27.5 Å². The van der Waals surface area contributed by atoms with Crippen LogP contribution in [-0.4, -0.2) is 62.6 Å². The third kappa shape index (κ3) is 4.82. The van der Waals surface area contributed by atoms with E-state index in [-0.39, 0.29) is 12.1 Å². The van der Waals surface area contributed by atoms with E-state index in [0.717, 1.165) is 41.5 Å². The van der Waals surface area contributed by atoms with Gasteiger partial charge in [0.15, 0.2) is 5.79 Å².